The van der Waals surface area contributed by atoms with Crippen molar-refractivity contribution in [3.8, 4) is 0 Å². The number of aliphatic hydroxyl groups excluding tert-OH is 1. The van der Waals surface area contributed by atoms with Gasteiger partial charge in [-0.3, -0.25) is 0 Å². The zero-order chi connectivity index (χ0) is 11.4. The molecule has 0 aliphatic heterocycles. The van der Waals surface area contributed by atoms with Crippen LogP contribution < -0.4 is 0 Å². The summed E-state index contributed by atoms with van der Waals surface area (Å²) in [6.07, 6.45) is 3.04. The number of hydrogen-bond acceptors (Lipinski definition) is 1. The van der Waals surface area contributed by atoms with E-state index < -0.39 is 0 Å². The van der Waals surface area contributed by atoms with Crippen LogP contribution in [-0.4, -0.2) is 11.7 Å². The molecule has 0 unspecified atom stereocenters. The van der Waals surface area contributed by atoms with E-state index in [1.54, 1.807) is 0 Å². The van der Waals surface area contributed by atoms with Gasteiger partial charge in [0.15, 0.2) is 0 Å². The molecule has 2 aromatic carbocycles. The number of fused-ring (bicyclic) bond motifs is 1. The van der Waals surface area contributed by atoms with Crippen molar-refractivity contribution in [2.24, 2.45) is 0 Å². The van der Waals surface area contributed by atoms with Crippen LogP contribution in [0.25, 0.3) is 10.8 Å². The lowest BCUT2D eigenvalue weighted by Gasteiger charge is -2.09. The van der Waals surface area contributed by atoms with Gasteiger partial charge in [-0.15, -0.1) is 0 Å². The zero-order valence-electron chi connectivity index (χ0n) is 9.74. The Morgan fingerprint density at radius 3 is 1.68 bits per heavy atom. The van der Waals surface area contributed by atoms with Crippen LogP contribution in [-0.2, 0) is 12.8 Å². The first-order valence-corrected chi connectivity index (χ1v) is 5.97. The summed E-state index contributed by atoms with van der Waals surface area (Å²) in [5.74, 6) is 0. The Kier molecular flexibility index (Phi) is 10.1. The monoisotopic (exact) mass is 262 g/mol. The van der Waals surface area contributed by atoms with Crippen LogP contribution in [0.1, 0.15) is 46.8 Å². The minimum absolute atomic E-state index is 0. The van der Waals surface area contributed by atoms with Crippen LogP contribution in [0.5, 0.6) is 0 Å². The predicted octanol–water partition coefficient (Wildman–Crippen LogP) is 5.24. The van der Waals surface area contributed by atoms with Crippen molar-refractivity contribution in [1.82, 2.24) is 0 Å². The van der Waals surface area contributed by atoms with E-state index in [1.807, 2.05) is 0 Å². The van der Waals surface area contributed by atoms with E-state index >= 15 is 0 Å². The molecule has 1 heteroatoms. The molecule has 0 saturated heterocycles. The van der Waals surface area contributed by atoms with Crippen LogP contribution in [0, 0.1) is 0 Å². The van der Waals surface area contributed by atoms with E-state index in [4.69, 9.17) is 5.11 Å². The molecule has 0 radical (unpaired) electrons. The van der Waals surface area contributed by atoms with Gasteiger partial charge in [-0.25, -0.2) is 0 Å². The molecule has 108 valence electrons. The molecular weight excluding hydrogens is 232 g/mol. The standard InChI is InChI=1S/C15H18O.3CH4/c1-2-5-12-8-9-13(10-11-16)15-7-4-3-6-14(12)15;;;/h3-4,6-9,16H,2,5,10-11H2,1H3;3*1H4. The second kappa shape index (κ2) is 9.57. The van der Waals surface area contributed by atoms with Crippen LogP contribution in [0.2, 0.25) is 0 Å². The Morgan fingerprint density at radius 2 is 1.26 bits per heavy atom. The highest BCUT2D eigenvalue weighted by Crippen LogP contribution is 2.24. The summed E-state index contributed by atoms with van der Waals surface area (Å²) in [6, 6.07) is 12.9. The van der Waals surface area contributed by atoms with Gasteiger partial charge in [-0.05, 0) is 34.7 Å². The highest BCUT2D eigenvalue weighted by Gasteiger charge is 2.04. The third kappa shape index (κ3) is 4.36. The van der Waals surface area contributed by atoms with Gasteiger partial charge in [0.1, 0.15) is 0 Å². The fourth-order valence-corrected chi connectivity index (χ4v) is 2.25. The third-order valence-electron chi connectivity index (χ3n) is 3.01. The van der Waals surface area contributed by atoms with Crippen LogP contribution in [0.3, 0.4) is 0 Å². The van der Waals surface area contributed by atoms with E-state index in [2.05, 4.69) is 43.3 Å². The van der Waals surface area contributed by atoms with Crippen molar-refractivity contribution in [1.29, 1.82) is 0 Å². The van der Waals surface area contributed by atoms with Crippen molar-refractivity contribution >= 4 is 10.8 Å². The maximum Gasteiger partial charge on any atom is 0.0471 e. The van der Waals surface area contributed by atoms with Gasteiger partial charge in [0, 0.05) is 6.61 Å². The lowest BCUT2D eigenvalue weighted by molar-refractivity contribution is 0.300. The number of aryl methyl sites for hydroxylation is 1. The van der Waals surface area contributed by atoms with E-state index in [9.17, 15) is 0 Å². The molecule has 0 heterocycles. The van der Waals surface area contributed by atoms with E-state index in [1.165, 1.54) is 28.3 Å². The average molecular weight is 262 g/mol. The lowest BCUT2D eigenvalue weighted by Crippen LogP contribution is -1.94. The van der Waals surface area contributed by atoms with Crippen molar-refractivity contribution in [2.45, 2.75) is 48.5 Å². The minimum Gasteiger partial charge on any atom is -0.396 e. The van der Waals surface area contributed by atoms with Crippen molar-refractivity contribution in [3.63, 3.8) is 0 Å². The van der Waals surface area contributed by atoms with Gasteiger partial charge in [0.2, 0.25) is 0 Å². The Bertz CT molecular complexity index is 430. The van der Waals surface area contributed by atoms with Crippen molar-refractivity contribution in [2.75, 3.05) is 6.61 Å². The van der Waals surface area contributed by atoms with E-state index in [-0.39, 0.29) is 28.9 Å². The first-order chi connectivity index (χ1) is 7.86. The Hall–Kier alpha value is -1.34. The molecule has 0 bridgehead atoms. The van der Waals surface area contributed by atoms with Crippen LogP contribution >= 0.6 is 0 Å². The smallest absolute Gasteiger partial charge is 0.0471 e. The van der Waals surface area contributed by atoms with Crippen LogP contribution in [0.4, 0.5) is 0 Å². The Balaban J connectivity index is 0. The van der Waals surface area contributed by atoms with Crippen molar-refractivity contribution < 1.29 is 5.11 Å². The summed E-state index contributed by atoms with van der Waals surface area (Å²) in [4.78, 5) is 0. The SMILES string of the molecule is C.C.C.CCCc1ccc(CCO)c2ccccc12. The number of benzene rings is 2. The van der Waals surface area contributed by atoms with Gasteiger partial charge < -0.3 is 5.11 Å². The summed E-state index contributed by atoms with van der Waals surface area (Å²) in [7, 11) is 0. The molecule has 0 aromatic heterocycles. The minimum atomic E-state index is 0. The van der Waals surface area contributed by atoms with E-state index in [0.29, 0.717) is 0 Å². The summed E-state index contributed by atoms with van der Waals surface area (Å²) >= 11 is 0. The molecule has 0 saturated carbocycles. The molecule has 0 fully saturated rings. The first-order valence-electron chi connectivity index (χ1n) is 5.97. The largest absolute Gasteiger partial charge is 0.396 e. The first kappa shape index (κ1) is 20.0. The number of rotatable bonds is 4. The summed E-state index contributed by atoms with van der Waals surface area (Å²) in [6.45, 7) is 2.42. The van der Waals surface area contributed by atoms with Gasteiger partial charge in [-0.1, -0.05) is 72.0 Å². The second-order valence-electron chi connectivity index (χ2n) is 4.15. The number of hydrogen-bond donors (Lipinski definition) is 1. The highest BCUT2D eigenvalue weighted by molar-refractivity contribution is 5.88. The molecule has 2 rings (SSSR count). The quantitative estimate of drug-likeness (QED) is 0.799. The van der Waals surface area contributed by atoms with Gasteiger partial charge in [-0.2, -0.15) is 0 Å². The molecule has 2 aromatic rings. The molecule has 0 aliphatic rings. The maximum absolute atomic E-state index is 9.05. The molecule has 0 amide bonds. The molecule has 1 nitrogen and oxygen atoms in total. The Labute approximate surface area is 119 Å². The molecule has 0 atom stereocenters. The molecular formula is C18H30O. The summed E-state index contributed by atoms with van der Waals surface area (Å²) in [5.41, 5.74) is 2.66. The predicted molar refractivity (Wildman–Crippen MR) is 88.9 cm³/mol. The second-order valence-corrected chi connectivity index (χ2v) is 4.15. The summed E-state index contributed by atoms with van der Waals surface area (Å²) < 4.78 is 0. The molecule has 0 spiro atoms. The van der Waals surface area contributed by atoms with Gasteiger partial charge >= 0.3 is 0 Å². The normalized spacial score (nSPS) is 9.16. The van der Waals surface area contributed by atoms with Gasteiger partial charge in [0.25, 0.3) is 0 Å². The third-order valence-corrected chi connectivity index (χ3v) is 3.01. The van der Waals surface area contributed by atoms with Crippen LogP contribution in [0.15, 0.2) is 36.4 Å². The summed E-state index contributed by atoms with van der Waals surface area (Å²) in [5, 5.41) is 11.7. The number of aliphatic hydroxyl groups is 1. The average Bonchev–Trinajstić information content (AvgIpc) is 2.33. The van der Waals surface area contributed by atoms with Crippen molar-refractivity contribution in [3.05, 3.63) is 47.5 Å². The molecule has 0 aliphatic carbocycles. The fourth-order valence-electron chi connectivity index (χ4n) is 2.25. The Morgan fingerprint density at radius 1 is 0.789 bits per heavy atom. The topological polar surface area (TPSA) is 20.2 Å². The van der Waals surface area contributed by atoms with Gasteiger partial charge in [0.05, 0.1) is 0 Å². The fraction of sp³-hybridized carbons (Fsp3) is 0.444. The lowest BCUT2D eigenvalue weighted by atomic mass is 9.96. The highest BCUT2D eigenvalue weighted by atomic mass is 16.2. The maximum atomic E-state index is 9.05. The molecule has 19 heavy (non-hydrogen) atoms. The zero-order valence-corrected chi connectivity index (χ0v) is 9.74. The molecule has 1 N–H and O–H groups in total. The van der Waals surface area contributed by atoms with E-state index in [0.717, 1.165) is 12.8 Å².